The van der Waals surface area contributed by atoms with Crippen LogP contribution >= 0.6 is 0 Å². The number of aliphatic hydroxyl groups excluding tert-OH is 1. The van der Waals surface area contributed by atoms with E-state index in [4.69, 9.17) is 5.11 Å². The molecule has 0 saturated heterocycles. The van der Waals surface area contributed by atoms with Gasteiger partial charge in [-0.1, -0.05) is 12.1 Å². The van der Waals surface area contributed by atoms with Crippen molar-refractivity contribution >= 4 is 11.0 Å². The maximum Gasteiger partial charge on any atom is 0.0890 e. The van der Waals surface area contributed by atoms with E-state index in [2.05, 4.69) is 15.3 Å². The molecule has 0 aliphatic rings. The van der Waals surface area contributed by atoms with Crippen LogP contribution in [0.1, 0.15) is 19.0 Å². The average molecular weight is 231 g/mol. The summed E-state index contributed by atoms with van der Waals surface area (Å²) in [5.74, 6) is 0. The number of aliphatic hydroxyl groups is 1. The van der Waals surface area contributed by atoms with E-state index in [0.29, 0.717) is 6.54 Å². The van der Waals surface area contributed by atoms with Gasteiger partial charge in [0.2, 0.25) is 0 Å². The van der Waals surface area contributed by atoms with E-state index in [-0.39, 0.29) is 6.10 Å². The van der Waals surface area contributed by atoms with E-state index >= 15 is 0 Å². The van der Waals surface area contributed by atoms with Crippen molar-refractivity contribution in [3.8, 4) is 0 Å². The van der Waals surface area contributed by atoms with Crippen LogP contribution in [0, 0.1) is 0 Å². The predicted octanol–water partition coefficient (Wildman–Crippen LogP) is 1.49. The van der Waals surface area contributed by atoms with Crippen LogP contribution in [0.2, 0.25) is 0 Å². The third-order valence-electron chi connectivity index (χ3n) is 2.54. The zero-order valence-electron chi connectivity index (χ0n) is 9.93. The van der Waals surface area contributed by atoms with E-state index in [9.17, 15) is 0 Å². The zero-order valence-corrected chi connectivity index (χ0v) is 9.93. The minimum atomic E-state index is -0.259. The minimum Gasteiger partial charge on any atom is -0.393 e. The molecule has 0 amide bonds. The van der Waals surface area contributed by atoms with Gasteiger partial charge in [-0.2, -0.15) is 0 Å². The summed E-state index contributed by atoms with van der Waals surface area (Å²) in [5.41, 5.74) is 2.76. The molecule has 1 aromatic carbocycles. The van der Waals surface area contributed by atoms with Crippen molar-refractivity contribution in [2.45, 2.75) is 26.0 Å². The molecule has 4 nitrogen and oxygen atoms in total. The van der Waals surface area contributed by atoms with Crippen LogP contribution in [0.15, 0.2) is 30.5 Å². The normalized spacial score (nSPS) is 12.8. The largest absolute Gasteiger partial charge is 0.393 e. The van der Waals surface area contributed by atoms with Crippen LogP contribution in [-0.4, -0.2) is 27.7 Å². The summed E-state index contributed by atoms with van der Waals surface area (Å²) in [6, 6.07) is 7.83. The number of rotatable bonds is 5. The fraction of sp³-hybridized carbons (Fsp3) is 0.385. The summed E-state index contributed by atoms with van der Waals surface area (Å²) in [7, 11) is 0. The van der Waals surface area contributed by atoms with Gasteiger partial charge in [-0.3, -0.25) is 4.98 Å². The number of nitrogens with one attached hydrogen (secondary N) is 1. The van der Waals surface area contributed by atoms with Crippen molar-refractivity contribution in [1.82, 2.24) is 15.3 Å². The Kier molecular flexibility index (Phi) is 4.01. The molecule has 0 saturated carbocycles. The number of aromatic nitrogens is 2. The van der Waals surface area contributed by atoms with E-state index in [1.807, 2.05) is 24.3 Å². The highest BCUT2D eigenvalue weighted by Crippen LogP contribution is 2.08. The number of fused-ring (bicyclic) bond motifs is 1. The molecule has 0 spiro atoms. The van der Waals surface area contributed by atoms with Crippen LogP contribution in [0.5, 0.6) is 0 Å². The molecule has 4 heteroatoms. The Bertz CT molecular complexity index is 485. The Morgan fingerprint density at radius 2 is 2.06 bits per heavy atom. The molecule has 1 heterocycles. The molecule has 90 valence electrons. The highest BCUT2D eigenvalue weighted by atomic mass is 16.3. The lowest BCUT2D eigenvalue weighted by Crippen LogP contribution is -2.19. The van der Waals surface area contributed by atoms with Gasteiger partial charge < -0.3 is 10.4 Å². The van der Waals surface area contributed by atoms with Crippen molar-refractivity contribution in [1.29, 1.82) is 0 Å². The van der Waals surface area contributed by atoms with Gasteiger partial charge in [0.1, 0.15) is 0 Å². The van der Waals surface area contributed by atoms with Crippen LogP contribution in [0.25, 0.3) is 11.0 Å². The van der Waals surface area contributed by atoms with Gasteiger partial charge >= 0.3 is 0 Å². The smallest absolute Gasteiger partial charge is 0.0890 e. The maximum absolute atomic E-state index is 9.12. The summed E-state index contributed by atoms with van der Waals surface area (Å²) in [6.45, 7) is 3.26. The van der Waals surface area contributed by atoms with E-state index < -0.39 is 0 Å². The summed E-state index contributed by atoms with van der Waals surface area (Å²) in [5, 5.41) is 12.4. The van der Waals surface area contributed by atoms with Crippen molar-refractivity contribution in [2.75, 3.05) is 6.54 Å². The van der Waals surface area contributed by atoms with E-state index in [0.717, 1.165) is 29.7 Å². The Labute approximate surface area is 101 Å². The molecule has 2 rings (SSSR count). The lowest BCUT2D eigenvalue weighted by atomic mass is 10.3. The lowest BCUT2D eigenvalue weighted by molar-refractivity contribution is 0.183. The summed E-state index contributed by atoms with van der Waals surface area (Å²) < 4.78 is 0. The first kappa shape index (κ1) is 12.0. The van der Waals surface area contributed by atoms with Crippen LogP contribution in [0.4, 0.5) is 0 Å². The highest BCUT2D eigenvalue weighted by molar-refractivity contribution is 5.73. The number of hydrogen-bond donors (Lipinski definition) is 2. The van der Waals surface area contributed by atoms with Crippen LogP contribution in [-0.2, 0) is 6.54 Å². The Morgan fingerprint density at radius 3 is 2.82 bits per heavy atom. The van der Waals surface area contributed by atoms with Gasteiger partial charge in [0.05, 0.1) is 29.0 Å². The Hall–Kier alpha value is -1.52. The molecular weight excluding hydrogens is 214 g/mol. The number of benzene rings is 1. The first-order chi connectivity index (χ1) is 8.25. The highest BCUT2D eigenvalue weighted by Gasteiger charge is 1.99. The van der Waals surface area contributed by atoms with E-state index in [1.165, 1.54) is 0 Å². The molecule has 2 N–H and O–H groups in total. The van der Waals surface area contributed by atoms with E-state index in [1.54, 1.807) is 13.1 Å². The van der Waals surface area contributed by atoms with Gasteiger partial charge in [0.15, 0.2) is 0 Å². The summed E-state index contributed by atoms with van der Waals surface area (Å²) >= 11 is 0. The standard InChI is InChI=1S/C13H17N3O/c1-10(17)6-7-14-8-11-9-15-12-4-2-3-5-13(12)16-11/h2-5,9-10,14,17H,6-8H2,1H3. The quantitative estimate of drug-likeness (QED) is 0.765. The van der Waals surface area contributed by atoms with Crippen molar-refractivity contribution in [2.24, 2.45) is 0 Å². The maximum atomic E-state index is 9.12. The number of para-hydroxylation sites is 2. The Balaban J connectivity index is 1.95. The lowest BCUT2D eigenvalue weighted by Gasteiger charge is -2.06. The fourth-order valence-corrected chi connectivity index (χ4v) is 1.61. The first-order valence-corrected chi connectivity index (χ1v) is 5.85. The van der Waals surface area contributed by atoms with Gasteiger partial charge in [0, 0.05) is 6.54 Å². The van der Waals surface area contributed by atoms with Gasteiger partial charge in [-0.15, -0.1) is 0 Å². The third kappa shape index (κ3) is 3.47. The second-order valence-electron chi connectivity index (χ2n) is 4.16. The predicted molar refractivity (Wildman–Crippen MR) is 67.5 cm³/mol. The van der Waals surface area contributed by atoms with Crippen LogP contribution in [0.3, 0.4) is 0 Å². The van der Waals surface area contributed by atoms with Crippen molar-refractivity contribution in [3.63, 3.8) is 0 Å². The second kappa shape index (κ2) is 5.70. The fourth-order valence-electron chi connectivity index (χ4n) is 1.61. The number of hydrogen-bond acceptors (Lipinski definition) is 4. The van der Waals surface area contributed by atoms with Crippen molar-refractivity contribution < 1.29 is 5.11 Å². The molecule has 1 aromatic heterocycles. The molecule has 0 radical (unpaired) electrons. The minimum absolute atomic E-state index is 0.259. The summed E-state index contributed by atoms with van der Waals surface area (Å²) in [6.07, 6.45) is 2.28. The Morgan fingerprint density at radius 1 is 1.29 bits per heavy atom. The monoisotopic (exact) mass is 231 g/mol. The molecule has 0 fully saturated rings. The molecule has 1 atom stereocenters. The van der Waals surface area contributed by atoms with Gasteiger partial charge in [-0.05, 0) is 32.0 Å². The van der Waals surface area contributed by atoms with Gasteiger partial charge in [-0.25, -0.2) is 4.98 Å². The third-order valence-corrected chi connectivity index (χ3v) is 2.54. The summed E-state index contributed by atoms with van der Waals surface area (Å²) in [4.78, 5) is 8.85. The average Bonchev–Trinajstić information content (AvgIpc) is 2.34. The van der Waals surface area contributed by atoms with Crippen molar-refractivity contribution in [3.05, 3.63) is 36.2 Å². The molecule has 1 unspecified atom stereocenters. The molecule has 17 heavy (non-hydrogen) atoms. The topological polar surface area (TPSA) is 58.0 Å². The molecule has 2 aromatic rings. The van der Waals surface area contributed by atoms with Gasteiger partial charge in [0.25, 0.3) is 0 Å². The van der Waals surface area contributed by atoms with Crippen LogP contribution < -0.4 is 5.32 Å². The second-order valence-corrected chi connectivity index (χ2v) is 4.16. The molecule has 0 aliphatic heterocycles. The molecule has 0 bridgehead atoms. The first-order valence-electron chi connectivity index (χ1n) is 5.85. The number of nitrogens with zero attached hydrogens (tertiary/aromatic N) is 2. The molecular formula is C13H17N3O. The SMILES string of the molecule is CC(O)CCNCc1cnc2ccccc2n1. The molecule has 0 aliphatic carbocycles. The zero-order chi connectivity index (χ0) is 12.1.